The Morgan fingerprint density at radius 3 is 2.44 bits per heavy atom. The van der Waals surface area contributed by atoms with Crippen LogP contribution in [0.15, 0.2) is 40.9 Å². The average Bonchev–Trinajstić information content (AvgIpc) is 3.77. The van der Waals surface area contributed by atoms with Crippen molar-refractivity contribution >= 4 is 22.9 Å². The van der Waals surface area contributed by atoms with Gasteiger partial charge in [0, 0.05) is 42.2 Å². The van der Waals surface area contributed by atoms with Crippen molar-refractivity contribution in [1.82, 2.24) is 20.4 Å². The van der Waals surface area contributed by atoms with Crippen LogP contribution in [0, 0.1) is 5.92 Å². The Morgan fingerprint density at radius 2 is 1.75 bits per heavy atom. The van der Waals surface area contributed by atoms with Crippen LogP contribution in [-0.4, -0.2) is 46.0 Å². The Morgan fingerprint density at radius 1 is 1.00 bits per heavy atom. The first-order chi connectivity index (χ1) is 15.7. The molecule has 0 radical (unpaired) electrons. The summed E-state index contributed by atoms with van der Waals surface area (Å²) in [6.07, 6.45) is 5.76. The number of amides is 2. The van der Waals surface area contributed by atoms with Crippen LogP contribution in [-0.2, 0) is 4.79 Å². The van der Waals surface area contributed by atoms with Crippen LogP contribution in [0.1, 0.15) is 60.5 Å². The molecule has 3 aromatic rings. The third-order valence-electron chi connectivity index (χ3n) is 6.82. The Labute approximate surface area is 186 Å². The number of piperidine rings is 1. The molecule has 7 nitrogen and oxygen atoms in total. The molecule has 1 aliphatic heterocycles. The lowest BCUT2D eigenvalue weighted by molar-refractivity contribution is -0.126. The maximum absolute atomic E-state index is 13.7. The number of fused-ring (bicyclic) bond motifs is 1. The molecule has 2 aliphatic carbocycles. The molecular formula is C25H26N4O3. The van der Waals surface area contributed by atoms with Gasteiger partial charge in [0.05, 0.1) is 10.9 Å². The predicted molar refractivity (Wildman–Crippen MR) is 119 cm³/mol. The molecule has 1 saturated heterocycles. The third-order valence-corrected chi connectivity index (χ3v) is 6.82. The summed E-state index contributed by atoms with van der Waals surface area (Å²) in [5, 5.41) is 8.06. The number of likely N-dealkylation sites (tertiary alicyclic amines) is 1. The van der Waals surface area contributed by atoms with Crippen LogP contribution in [0.25, 0.3) is 22.4 Å². The van der Waals surface area contributed by atoms with Gasteiger partial charge in [-0.15, -0.1) is 0 Å². The van der Waals surface area contributed by atoms with Crippen LogP contribution < -0.4 is 5.32 Å². The molecule has 0 bridgehead atoms. The van der Waals surface area contributed by atoms with Crippen molar-refractivity contribution < 1.29 is 14.1 Å². The fourth-order valence-corrected chi connectivity index (χ4v) is 4.58. The van der Waals surface area contributed by atoms with Crippen molar-refractivity contribution in [3.8, 4) is 11.3 Å². The van der Waals surface area contributed by atoms with Crippen LogP contribution in [0.4, 0.5) is 0 Å². The molecule has 3 fully saturated rings. The van der Waals surface area contributed by atoms with Gasteiger partial charge in [0.2, 0.25) is 5.91 Å². The number of carbonyl (C=O) groups is 2. The van der Waals surface area contributed by atoms with Gasteiger partial charge in [-0.05, 0) is 44.6 Å². The first kappa shape index (κ1) is 19.5. The molecule has 2 amide bonds. The molecule has 1 aromatic carbocycles. The molecule has 164 valence electrons. The number of aromatic nitrogens is 2. The first-order valence-corrected chi connectivity index (χ1v) is 11.6. The van der Waals surface area contributed by atoms with E-state index >= 15 is 0 Å². The quantitative estimate of drug-likeness (QED) is 0.663. The molecule has 1 N–H and O–H groups in total. The summed E-state index contributed by atoms with van der Waals surface area (Å²) >= 11 is 0. The SMILES string of the molecule is O=C(NC1CC1)C1CCN(C(=O)c2cc(C3CC3)nc3onc(-c4ccccc4)c23)CC1. The van der Waals surface area contributed by atoms with Gasteiger partial charge < -0.3 is 14.7 Å². The second kappa shape index (κ2) is 7.73. The van der Waals surface area contributed by atoms with Gasteiger partial charge in [0.25, 0.3) is 11.6 Å². The number of hydrogen-bond acceptors (Lipinski definition) is 5. The zero-order chi connectivity index (χ0) is 21.7. The molecule has 3 heterocycles. The lowest BCUT2D eigenvalue weighted by Gasteiger charge is -2.31. The van der Waals surface area contributed by atoms with Gasteiger partial charge in [-0.3, -0.25) is 9.59 Å². The molecule has 3 aliphatic rings. The molecule has 6 rings (SSSR count). The number of pyridine rings is 1. The van der Waals surface area contributed by atoms with Crippen LogP contribution in [0.3, 0.4) is 0 Å². The molecule has 0 atom stereocenters. The number of nitrogens with one attached hydrogen (secondary N) is 1. The van der Waals surface area contributed by atoms with E-state index in [1.165, 1.54) is 0 Å². The normalized spacial score (nSPS) is 19.3. The Balaban J connectivity index is 1.30. The van der Waals surface area contributed by atoms with Gasteiger partial charge in [0.15, 0.2) is 0 Å². The Kier molecular flexibility index (Phi) is 4.70. The molecule has 32 heavy (non-hydrogen) atoms. The second-order valence-corrected chi connectivity index (χ2v) is 9.30. The van der Waals surface area contributed by atoms with E-state index in [1.807, 2.05) is 41.3 Å². The van der Waals surface area contributed by atoms with Crippen molar-refractivity contribution in [1.29, 1.82) is 0 Å². The van der Waals surface area contributed by atoms with Crippen molar-refractivity contribution in [2.24, 2.45) is 5.92 Å². The largest absolute Gasteiger partial charge is 0.353 e. The minimum Gasteiger partial charge on any atom is -0.353 e. The number of hydrogen-bond donors (Lipinski definition) is 1. The fourth-order valence-electron chi connectivity index (χ4n) is 4.58. The zero-order valence-electron chi connectivity index (χ0n) is 17.9. The topological polar surface area (TPSA) is 88.3 Å². The minimum atomic E-state index is -0.0271. The highest BCUT2D eigenvalue weighted by Crippen LogP contribution is 2.41. The van der Waals surface area contributed by atoms with E-state index in [9.17, 15) is 9.59 Å². The maximum Gasteiger partial charge on any atom is 0.259 e. The highest BCUT2D eigenvalue weighted by atomic mass is 16.5. The summed E-state index contributed by atoms with van der Waals surface area (Å²) in [7, 11) is 0. The summed E-state index contributed by atoms with van der Waals surface area (Å²) in [5.74, 6) is 0.510. The van der Waals surface area contributed by atoms with Crippen molar-refractivity contribution in [3.63, 3.8) is 0 Å². The van der Waals surface area contributed by atoms with E-state index < -0.39 is 0 Å². The smallest absolute Gasteiger partial charge is 0.259 e. The monoisotopic (exact) mass is 430 g/mol. The molecule has 0 spiro atoms. The maximum atomic E-state index is 13.7. The van der Waals surface area contributed by atoms with E-state index in [1.54, 1.807) is 0 Å². The van der Waals surface area contributed by atoms with E-state index in [2.05, 4.69) is 15.5 Å². The van der Waals surface area contributed by atoms with Gasteiger partial charge in [-0.2, -0.15) is 0 Å². The predicted octanol–water partition coefficient (Wildman–Crippen LogP) is 3.90. The van der Waals surface area contributed by atoms with Gasteiger partial charge in [-0.1, -0.05) is 35.5 Å². The highest BCUT2D eigenvalue weighted by Gasteiger charge is 2.34. The standard InChI is InChI=1S/C25H26N4O3/c30-23(26-18-8-9-18)17-10-12-29(13-11-17)25(31)19-14-20(15-6-7-15)27-24-21(19)22(28-32-24)16-4-2-1-3-5-16/h1-5,14-15,17-18H,6-13H2,(H,26,30). The number of benzene rings is 1. The van der Waals surface area contributed by atoms with E-state index in [0.29, 0.717) is 60.2 Å². The number of carbonyl (C=O) groups excluding carboxylic acids is 2. The van der Waals surface area contributed by atoms with Gasteiger partial charge in [0.1, 0.15) is 5.69 Å². The lowest BCUT2D eigenvalue weighted by Crippen LogP contribution is -2.43. The summed E-state index contributed by atoms with van der Waals surface area (Å²) in [5.41, 5.74) is 3.50. The number of nitrogens with zero attached hydrogens (tertiary/aromatic N) is 3. The van der Waals surface area contributed by atoms with E-state index in [-0.39, 0.29) is 17.7 Å². The summed E-state index contributed by atoms with van der Waals surface area (Å²) in [6.45, 7) is 1.16. The average molecular weight is 431 g/mol. The Hall–Kier alpha value is -3.22. The van der Waals surface area contributed by atoms with Crippen molar-refractivity contribution in [2.45, 2.75) is 50.5 Å². The summed E-state index contributed by atoms with van der Waals surface area (Å²) in [6, 6.07) is 12.1. The second-order valence-electron chi connectivity index (χ2n) is 9.30. The van der Waals surface area contributed by atoms with Gasteiger partial charge in [-0.25, -0.2) is 4.98 Å². The zero-order valence-corrected chi connectivity index (χ0v) is 17.9. The highest BCUT2D eigenvalue weighted by molar-refractivity contribution is 6.09. The summed E-state index contributed by atoms with van der Waals surface area (Å²) < 4.78 is 5.61. The third kappa shape index (κ3) is 3.66. The van der Waals surface area contributed by atoms with Crippen LogP contribution in [0.5, 0.6) is 0 Å². The number of rotatable bonds is 5. The minimum absolute atomic E-state index is 0.00499. The van der Waals surface area contributed by atoms with Crippen molar-refractivity contribution in [3.05, 3.63) is 47.7 Å². The fraction of sp³-hybridized carbons (Fsp3) is 0.440. The molecule has 2 saturated carbocycles. The van der Waals surface area contributed by atoms with Gasteiger partial charge >= 0.3 is 0 Å². The molecular weight excluding hydrogens is 404 g/mol. The van der Waals surface area contributed by atoms with Crippen molar-refractivity contribution in [2.75, 3.05) is 13.1 Å². The molecule has 7 heteroatoms. The summed E-state index contributed by atoms with van der Waals surface area (Å²) in [4.78, 5) is 32.7. The van der Waals surface area contributed by atoms with Crippen LogP contribution in [0.2, 0.25) is 0 Å². The van der Waals surface area contributed by atoms with Crippen LogP contribution >= 0.6 is 0 Å². The molecule has 0 unspecified atom stereocenters. The van der Waals surface area contributed by atoms with E-state index in [0.717, 1.165) is 36.9 Å². The Bertz CT molecular complexity index is 1170. The molecule has 2 aromatic heterocycles. The van der Waals surface area contributed by atoms with E-state index in [4.69, 9.17) is 4.52 Å². The first-order valence-electron chi connectivity index (χ1n) is 11.6. The lowest BCUT2D eigenvalue weighted by atomic mass is 9.94.